The Balaban J connectivity index is 1.90. The highest BCUT2D eigenvalue weighted by molar-refractivity contribution is 6.30. The number of likely N-dealkylation sites (tertiary alicyclic amines) is 1. The first-order chi connectivity index (χ1) is 12.0. The summed E-state index contributed by atoms with van der Waals surface area (Å²) < 4.78 is 25.8. The van der Waals surface area contributed by atoms with Crippen molar-refractivity contribution < 1.29 is 13.9 Å². The first kappa shape index (κ1) is 18.1. The maximum absolute atomic E-state index is 14.4. The van der Waals surface area contributed by atoms with Crippen LogP contribution in [0, 0.1) is 11.7 Å². The molecule has 2 aromatic rings. The Morgan fingerprint density at radius 1 is 1.36 bits per heavy atom. The molecule has 0 bridgehead atoms. The third-order valence-electron chi connectivity index (χ3n) is 4.22. The minimum Gasteiger partial charge on any atom is -0.477 e. The highest BCUT2D eigenvalue weighted by atomic mass is 35.5. The molecule has 136 valence electrons. The van der Waals surface area contributed by atoms with Gasteiger partial charge in [-0.15, -0.1) is 0 Å². The van der Waals surface area contributed by atoms with Gasteiger partial charge in [-0.1, -0.05) is 25.4 Å². The van der Waals surface area contributed by atoms with Crippen LogP contribution in [-0.4, -0.2) is 52.7 Å². The molecule has 8 heteroatoms. The molecule has 0 saturated carbocycles. The SMILES string of the molecule is CC(C)COc1nc(OCC2CCCN2C)nc2c(F)c(Cl)ncc12. The number of nitrogens with zero attached hydrogens (tertiary/aromatic N) is 4. The average molecular weight is 369 g/mol. The number of likely N-dealkylation sites (N-methyl/N-ethyl adjacent to an activating group) is 1. The summed E-state index contributed by atoms with van der Waals surface area (Å²) >= 11 is 5.78. The molecular formula is C17H22ClFN4O2. The van der Waals surface area contributed by atoms with Gasteiger partial charge in [-0.3, -0.25) is 0 Å². The molecule has 3 heterocycles. The third kappa shape index (κ3) is 4.10. The van der Waals surface area contributed by atoms with Gasteiger partial charge >= 0.3 is 6.01 Å². The largest absolute Gasteiger partial charge is 0.477 e. The highest BCUT2D eigenvalue weighted by Gasteiger charge is 2.23. The number of aromatic nitrogens is 3. The van der Waals surface area contributed by atoms with E-state index in [0.29, 0.717) is 30.6 Å². The zero-order valence-electron chi connectivity index (χ0n) is 14.6. The van der Waals surface area contributed by atoms with Crippen molar-refractivity contribution in [3.8, 4) is 11.9 Å². The van der Waals surface area contributed by atoms with Crippen LogP contribution in [0.5, 0.6) is 11.9 Å². The third-order valence-corrected chi connectivity index (χ3v) is 4.48. The van der Waals surface area contributed by atoms with Crippen LogP contribution in [0.15, 0.2) is 6.20 Å². The number of pyridine rings is 1. The van der Waals surface area contributed by atoms with E-state index >= 15 is 0 Å². The molecular weight excluding hydrogens is 347 g/mol. The lowest BCUT2D eigenvalue weighted by Crippen LogP contribution is -2.30. The first-order valence-electron chi connectivity index (χ1n) is 8.43. The van der Waals surface area contributed by atoms with Gasteiger partial charge in [-0.05, 0) is 32.4 Å². The fourth-order valence-electron chi connectivity index (χ4n) is 2.77. The smallest absolute Gasteiger partial charge is 0.320 e. The van der Waals surface area contributed by atoms with Gasteiger partial charge in [0.05, 0.1) is 12.0 Å². The molecule has 0 N–H and O–H groups in total. The molecule has 0 aromatic carbocycles. The summed E-state index contributed by atoms with van der Waals surface area (Å²) in [4.78, 5) is 14.5. The van der Waals surface area contributed by atoms with Gasteiger partial charge < -0.3 is 14.4 Å². The van der Waals surface area contributed by atoms with E-state index in [-0.39, 0.29) is 22.6 Å². The van der Waals surface area contributed by atoms with Crippen molar-refractivity contribution in [3.05, 3.63) is 17.2 Å². The summed E-state index contributed by atoms with van der Waals surface area (Å²) in [5.41, 5.74) is 0.0588. The maximum Gasteiger partial charge on any atom is 0.320 e. The van der Waals surface area contributed by atoms with Gasteiger partial charge in [0, 0.05) is 12.2 Å². The molecule has 1 atom stereocenters. The van der Waals surface area contributed by atoms with Gasteiger partial charge in [-0.25, -0.2) is 9.37 Å². The molecule has 2 aromatic heterocycles. The van der Waals surface area contributed by atoms with Gasteiger partial charge in [0.2, 0.25) is 5.88 Å². The van der Waals surface area contributed by atoms with E-state index in [1.807, 2.05) is 13.8 Å². The van der Waals surface area contributed by atoms with Crippen molar-refractivity contribution in [1.29, 1.82) is 0 Å². The molecule has 25 heavy (non-hydrogen) atoms. The Kier molecular flexibility index (Phi) is 5.54. The first-order valence-corrected chi connectivity index (χ1v) is 8.81. The van der Waals surface area contributed by atoms with Crippen molar-refractivity contribution >= 4 is 22.5 Å². The fourth-order valence-corrected chi connectivity index (χ4v) is 2.91. The number of fused-ring (bicyclic) bond motifs is 1. The van der Waals surface area contributed by atoms with Gasteiger partial charge in [0.15, 0.2) is 11.0 Å². The summed E-state index contributed by atoms with van der Waals surface area (Å²) in [5, 5.41) is 0.148. The van der Waals surface area contributed by atoms with Crippen LogP contribution in [0.25, 0.3) is 10.9 Å². The predicted molar refractivity (Wildman–Crippen MR) is 93.8 cm³/mol. The monoisotopic (exact) mass is 368 g/mol. The Hall–Kier alpha value is -1.73. The Labute approximate surface area is 151 Å². The zero-order valence-corrected chi connectivity index (χ0v) is 15.4. The van der Waals surface area contributed by atoms with Crippen LogP contribution < -0.4 is 9.47 Å². The van der Waals surface area contributed by atoms with E-state index in [0.717, 1.165) is 19.4 Å². The number of halogens is 2. The van der Waals surface area contributed by atoms with E-state index < -0.39 is 5.82 Å². The van der Waals surface area contributed by atoms with E-state index in [9.17, 15) is 4.39 Å². The maximum atomic E-state index is 14.4. The second-order valence-electron chi connectivity index (χ2n) is 6.73. The lowest BCUT2D eigenvalue weighted by molar-refractivity contribution is 0.185. The topological polar surface area (TPSA) is 60.4 Å². The second-order valence-corrected chi connectivity index (χ2v) is 7.09. The van der Waals surface area contributed by atoms with Crippen LogP contribution in [0.3, 0.4) is 0 Å². The zero-order chi connectivity index (χ0) is 18.0. The van der Waals surface area contributed by atoms with Gasteiger partial charge in [0.1, 0.15) is 12.1 Å². The number of rotatable bonds is 6. The molecule has 0 aliphatic carbocycles. The number of hydrogen-bond acceptors (Lipinski definition) is 6. The Bertz CT molecular complexity index is 759. The van der Waals surface area contributed by atoms with E-state index in [1.54, 1.807) is 0 Å². The summed E-state index contributed by atoms with van der Waals surface area (Å²) in [6, 6.07) is 0.401. The average Bonchev–Trinajstić information content (AvgIpc) is 2.99. The standard InChI is InChI=1S/C17H22ClFN4O2/c1-10(2)8-24-16-12-7-20-15(18)13(19)14(12)21-17(22-16)25-9-11-5-4-6-23(11)3/h7,10-11H,4-6,8-9H2,1-3H3. The summed E-state index contributed by atoms with van der Waals surface area (Å²) in [7, 11) is 2.06. The van der Waals surface area contributed by atoms with Crippen molar-refractivity contribution in [1.82, 2.24) is 19.9 Å². The van der Waals surface area contributed by atoms with Crippen LogP contribution in [-0.2, 0) is 0 Å². The Morgan fingerprint density at radius 3 is 2.84 bits per heavy atom. The summed E-state index contributed by atoms with van der Waals surface area (Å²) in [6.07, 6.45) is 3.62. The molecule has 0 amide bonds. The van der Waals surface area contributed by atoms with E-state index in [2.05, 4.69) is 26.9 Å². The molecule has 1 unspecified atom stereocenters. The van der Waals surface area contributed by atoms with Crippen LogP contribution in [0.1, 0.15) is 26.7 Å². The molecule has 6 nitrogen and oxygen atoms in total. The summed E-state index contributed by atoms with van der Waals surface area (Å²) in [5.74, 6) is -0.137. The van der Waals surface area contributed by atoms with E-state index in [1.165, 1.54) is 6.20 Å². The summed E-state index contributed by atoms with van der Waals surface area (Å²) in [6.45, 7) is 5.98. The minimum absolute atomic E-state index is 0.0588. The molecule has 1 saturated heterocycles. The molecule has 1 fully saturated rings. The molecule has 1 aliphatic rings. The molecule has 1 aliphatic heterocycles. The Morgan fingerprint density at radius 2 is 2.16 bits per heavy atom. The van der Waals surface area contributed by atoms with Gasteiger partial charge in [0.25, 0.3) is 0 Å². The number of ether oxygens (including phenoxy) is 2. The van der Waals surface area contributed by atoms with Crippen molar-refractivity contribution in [2.45, 2.75) is 32.7 Å². The van der Waals surface area contributed by atoms with Crippen LogP contribution in [0.4, 0.5) is 4.39 Å². The van der Waals surface area contributed by atoms with Crippen LogP contribution >= 0.6 is 11.6 Å². The van der Waals surface area contributed by atoms with Crippen LogP contribution in [0.2, 0.25) is 5.15 Å². The quantitative estimate of drug-likeness (QED) is 0.729. The van der Waals surface area contributed by atoms with Gasteiger partial charge in [-0.2, -0.15) is 9.97 Å². The predicted octanol–water partition coefficient (Wildman–Crippen LogP) is 3.33. The highest BCUT2D eigenvalue weighted by Crippen LogP contribution is 2.29. The minimum atomic E-state index is -0.696. The van der Waals surface area contributed by atoms with Crippen molar-refractivity contribution in [2.75, 3.05) is 26.8 Å². The molecule has 0 radical (unpaired) electrons. The lowest BCUT2D eigenvalue weighted by Gasteiger charge is -2.19. The number of hydrogen-bond donors (Lipinski definition) is 0. The molecule has 3 rings (SSSR count). The van der Waals surface area contributed by atoms with E-state index in [4.69, 9.17) is 21.1 Å². The second kappa shape index (κ2) is 7.66. The normalized spacial score (nSPS) is 18.2. The molecule has 0 spiro atoms. The van der Waals surface area contributed by atoms with Crippen molar-refractivity contribution in [2.24, 2.45) is 5.92 Å². The fraction of sp³-hybridized carbons (Fsp3) is 0.588. The lowest BCUT2D eigenvalue weighted by atomic mass is 10.2. The van der Waals surface area contributed by atoms with Crippen molar-refractivity contribution in [3.63, 3.8) is 0 Å².